The normalized spacial score (nSPS) is 12.9. The van der Waals surface area contributed by atoms with Crippen molar-refractivity contribution in [1.29, 1.82) is 0 Å². The highest BCUT2D eigenvalue weighted by molar-refractivity contribution is 7.89. The molecule has 2 rings (SSSR count). The second-order valence-corrected chi connectivity index (χ2v) is 6.79. The molecule has 0 fully saturated rings. The lowest BCUT2D eigenvalue weighted by atomic mass is 10.1. The quantitative estimate of drug-likeness (QED) is 0.796. The Labute approximate surface area is 138 Å². The lowest BCUT2D eigenvalue weighted by molar-refractivity contribution is -0.0498. The first-order valence-corrected chi connectivity index (χ1v) is 8.51. The smallest absolute Gasteiger partial charge is 0.387 e. The SMILES string of the molecule is CNS(=O)(=O)c1ccc(NC(C)c2ccc(OC(F)F)cc2)nc1. The Hall–Kier alpha value is -2.26. The molecule has 0 radical (unpaired) electrons. The van der Waals surface area contributed by atoms with Crippen LogP contribution >= 0.6 is 0 Å². The summed E-state index contributed by atoms with van der Waals surface area (Å²) in [5.74, 6) is 0.575. The van der Waals surface area contributed by atoms with E-state index in [1.54, 1.807) is 18.2 Å². The Morgan fingerprint density at radius 1 is 1.12 bits per heavy atom. The predicted octanol–water partition coefficient (Wildman–Crippen LogP) is 2.76. The molecule has 0 bridgehead atoms. The number of benzene rings is 1. The first-order valence-electron chi connectivity index (χ1n) is 7.03. The molecule has 1 unspecified atom stereocenters. The van der Waals surface area contributed by atoms with Crippen molar-refractivity contribution in [2.75, 3.05) is 12.4 Å². The monoisotopic (exact) mass is 357 g/mol. The van der Waals surface area contributed by atoms with Gasteiger partial charge in [-0.15, -0.1) is 0 Å². The van der Waals surface area contributed by atoms with Gasteiger partial charge in [-0.3, -0.25) is 0 Å². The number of rotatable bonds is 7. The zero-order valence-corrected chi connectivity index (χ0v) is 13.8. The summed E-state index contributed by atoms with van der Waals surface area (Å²) in [5, 5.41) is 3.10. The standard InChI is InChI=1S/C15H17F2N3O3S/c1-10(11-3-5-12(6-4-11)23-15(16)17)20-14-8-7-13(9-19-14)24(21,22)18-2/h3-10,15,18H,1-2H3,(H,19,20). The maximum atomic E-state index is 12.1. The minimum absolute atomic E-state index is 0.0664. The van der Waals surface area contributed by atoms with Gasteiger partial charge in [-0.05, 0) is 43.8 Å². The molecule has 0 saturated heterocycles. The lowest BCUT2D eigenvalue weighted by Crippen LogP contribution is -2.18. The van der Waals surface area contributed by atoms with Crippen LogP contribution in [0.4, 0.5) is 14.6 Å². The second-order valence-electron chi connectivity index (χ2n) is 4.90. The molecule has 1 atom stereocenters. The molecule has 1 aromatic carbocycles. The molecule has 2 N–H and O–H groups in total. The highest BCUT2D eigenvalue weighted by atomic mass is 32.2. The second kappa shape index (κ2) is 7.54. The fraction of sp³-hybridized carbons (Fsp3) is 0.267. The van der Waals surface area contributed by atoms with E-state index in [2.05, 4.69) is 19.8 Å². The number of hydrogen-bond acceptors (Lipinski definition) is 5. The van der Waals surface area contributed by atoms with Gasteiger partial charge in [0.15, 0.2) is 0 Å². The maximum absolute atomic E-state index is 12.1. The van der Waals surface area contributed by atoms with Gasteiger partial charge in [-0.25, -0.2) is 18.1 Å². The summed E-state index contributed by atoms with van der Waals surface area (Å²) in [7, 11) is -2.20. The van der Waals surface area contributed by atoms with Gasteiger partial charge in [-0.1, -0.05) is 12.1 Å². The predicted molar refractivity (Wildman–Crippen MR) is 85.6 cm³/mol. The molecule has 2 aromatic rings. The van der Waals surface area contributed by atoms with E-state index in [1.807, 2.05) is 6.92 Å². The number of nitrogens with one attached hydrogen (secondary N) is 2. The molecule has 0 aliphatic heterocycles. The van der Waals surface area contributed by atoms with E-state index in [-0.39, 0.29) is 16.7 Å². The van der Waals surface area contributed by atoms with Crippen LogP contribution in [0.3, 0.4) is 0 Å². The molecule has 1 aromatic heterocycles. The molecular formula is C15H17F2N3O3S. The molecule has 0 amide bonds. The lowest BCUT2D eigenvalue weighted by Gasteiger charge is -2.15. The van der Waals surface area contributed by atoms with Crippen molar-refractivity contribution < 1.29 is 21.9 Å². The van der Waals surface area contributed by atoms with Crippen LogP contribution in [0.15, 0.2) is 47.5 Å². The van der Waals surface area contributed by atoms with Crippen molar-refractivity contribution in [2.24, 2.45) is 0 Å². The zero-order valence-electron chi connectivity index (χ0n) is 13.0. The van der Waals surface area contributed by atoms with E-state index in [0.717, 1.165) is 5.56 Å². The number of alkyl halides is 2. The van der Waals surface area contributed by atoms with E-state index >= 15 is 0 Å². The molecule has 0 aliphatic carbocycles. The Morgan fingerprint density at radius 2 is 1.79 bits per heavy atom. The summed E-state index contributed by atoms with van der Waals surface area (Å²) < 4.78 is 54.0. The van der Waals surface area contributed by atoms with Gasteiger partial charge >= 0.3 is 6.61 Å². The van der Waals surface area contributed by atoms with Gasteiger partial charge in [0.25, 0.3) is 0 Å². The molecule has 6 nitrogen and oxygen atoms in total. The van der Waals surface area contributed by atoms with Crippen molar-refractivity contribution in [2.45, 2.75) is 24.5 Å². The van der Waals surface area contributed by atoms with Crippen LogP contribution < -0.4 is 14.8 Å². The molecular weight excluding hydrogens is 340 g/mol. The fourth-order valence-corrected chi connectivity index (χ4v) is 2.66. The van der Waals surface area contributed by atoms with Crippen LogP contribution in [0, 0.1) is 0 Å². The summed E-state index contributed by atoms with van der Waals surface area (Å²) in [6.07, 6.45) is 1.25. The van der Waals surface area contributed by atoms with Gasteiger partial charge in [0.1, 0.15) is 16.5 Å². The van der Waals surface area contributed by atoms with Crippen molar-refractivity contribution in [1.82, 2.24) is 9.71 Å². The van der Waals surface area contributed by atoms with Gasteiger partial charge < -0.3 is 10.1 Å². The van der Waals surface area contributed by atoms with Gasteiger partial charge in [-0.2, -0.15) is 8.78 Å². The number of nitrogens with zero attached hydrogens (tertiary/aromatic N) is 1. The number of aromatic nitrogens is 1. The number of anilines is 1. The number of hydrogen-bond donors (Lipinski definition) is 2. The van der Waals surface area contributed by atoms with Crippen molar-refractivity contribution in [3.8, 4) is 5.75 Å². The Balaban J connectivity index is 2.05. The number of sulfonamides is 1. The van der Waals surface area contributed by atoms with Crippen LogP contribution in [0.2, 0.25) is 0 Å². The molecule has 24 heavy (non-hydrogen) atoms. The fourth-order valence-electron chi connectivity index (χ4n) is 1.99. The third-order valence-electron chi connectivity index (χ3n) is 3.29. The molecule has 130 valence electrons. The maximum Gasteiger partial charge on any atom is 0.387 e. The zero-order chi connectivity index (χ0) is 17.7. The van der Waals surface area contributed by atoms with E-state index < -0.39 is 16.6 Å². The van der Waals surface area contributed by atoms with E-state index in [1.165, 1.54) is 31.4 Å². The average molecular weight is 357 g/mol. The van der Waals surface area contributed by atoms with Gasteiger partial charge in [0.2, 0.25) is 10.0 Å². The first-order chi connectivity index (χ1) is 11.3. The molecule has 9 heteroatoms. The van der Waals surface area contributed by atoms with Crippen LogP contribution in [0.5, 0.6) is 5.75 Å². The Morgan fingerprint density at radius 3 is 2.29 bits per heavy atom. The van der Waals surface area contributed by atoms with E-state index in [0.29, 0.717) is 5.82 Å². The molecule has 0 spiro atoms. The van der Waals surface area contributed by atoms with Crippen LogP contribution in [0.25, 0.3) is 0 Å². The number of halogens is 2. The molecule has 1 heterocycles. The summed E-state index contributed by atoms with van der Waals surface area (Å²) in [5.41, 5.74) is 0.838. The highest BCUT2D eigenvalue weighted by Gasteiger charge is 2.12. The van der Waals surface area contributed by atoms with Crippen LogP contribution in [0.1, 0.15) is 18.5 Å². The minimum atomic E-state index is -3.53. The Kier molecular flexibility index (Phi) is 5.68. The highest BCUT2D eigenvalue weighted by Crippen LogP contribution is 2.22. The van der Waals surface area contributed by atoms with Crippen LogP contribution in [-0.4, -0.2) is 27.1 Å². The van der Waals surface area contributed by atoms with E-state index in [4.69, 9.17) is 0 Å². The third-order valence-corrected chi connectivity index (χ3v) is 4.68. The summed E-state index contributed by atoms with van der Waals surface area (Å²) in [6, 6.07) is 9.06. The van der Waals surface area contributed by atoms with Crippen molar-refractivity contribution in [3.63, 3.8) is 0 Å². The number of pyridine rings is 1. The van der Waals surface area contributed by atoms with E-state index in [9.17, 15) is 17.2 Å². The number of ether oxygens (including phenoxy) is 1. The average Bonchev–Trinajstić information content (AvgIpc) is 2.55. The largest absolute Gasteiger partial charge is 0.435 e. The Bertz CT molecular complexity index is 766. The van der Waals surface area contributed by atoms with Crippen LogP contribution in [-0.2, 0) is 10.0 Å². The molecule has 0 aliphatic rings. The van der Waals surface area contributed by atoms with Gasteiger partial charge in [0.05, 0.1) is 0 Å². The topological polar surface area (TPSA) is 80.3 Å². The summed E-state index contributed by atoms with van der Waals surface area (Å²) >= 11 is 0. The van der Waals surface area contributed by atoms with Crippen molar-refractivity contribution >= 4 is 15.8 Å². The summed E-state index contributed by atoms with van der Waals surface area (Å²) in [6.45, 7) is -0.994. The molecule has 0 saturated carbocycles. The van der Waals surface area contributed by atoms with Gasteiger partial charge in [0, 0.05) is 12.2 Å². The third kappa shape index (κ3) is 4.62. The summed E-state index contributed by atoms with van der Waals surface area (Å²) in [4.78, 5) is 4.13. The first kappa shape index (κ1) is 18.1. The minimum Gasteiger partial charge on any atom is -0.435 e. The van der Waals surface area contributed by atoms with Crippen molar-refractivity contribution in [3.05, 3.63) is 48.2 Å².